The second-order valence-electron chi connectivity index (χ2n) is 2.29. The summed E-state index contributed by atoms with van der Waals surface area (Å²) in [6, 6.07) is 0. The summed E-state index contributed by atoms with van der Waals surface area (Å²) in [5.74, 6) is -0.711. The molecule has 0 saturated carbocycles. The first-order chi connectivity index (χ1) is 5.18. The maximum absolute atomic E-state index is 9.60. The minimum Gasteiger partial charge on any atom is -0.481 e. The lowest BCUT2D eigenvalue weighted by atomic mass is 10.3. The number of unbranched alkanes of at least 4 members (excludes halogenated alkanes) is 1. The molecular weight excluding hydrogens is 142 g/mol. The fourth-order valence-corrected chi connectivity index (χ4v) is 0.418. The van der Waals surface area contributed by atoms with E-state index < -0.39 is 5.97 Å². The fourth-order valence-electron chi connectivity index (χ4n) is 0.418. The van der Waals surface area contributed by atoms with Gasteiger partial charge in [-0.2, -0.15) is 0 Å². The number of nitrogens with two attached hydrogens (primary N) is 1. The van der Waals surface area contributed by atoms with Gasteiger partial charge in [0.1, 0.15) is 0 Å². The van der Waals surface area contributed by atoms with Gasteiger partial charge in [0.15, 0.2) is 0 Å². The normalized spacial score (nSPS) is 8.27. The zero-order valence-corrected chi connectivity index (χ0v) is 7.47. The first-order valence-electron chi connectivity index (χ1n) is 4.10. The van der Waals surface area contributed by atoms with Crippen molar-refractivity contribution in [3.05, 3.63) is 0 Å². The second-order valence-corrected chi connectivity index (χ2v) is 2.29. The lowest BCUT2D eigenvalue weighted by Gasteiger charge is -1.80. The summed E-state index contributed by atoms with van der Waals surface area (Å²) in [6.45, 7) is 4.82. The standard InChI is InChI=1S/C4H11N.C4H8O2/c1-2-3-4-5;1-2-3-4(5)6/h2-5H2,1H3;2-3H2,1H3,(H,5,6). The van der Waals surface area contributed by atoms with Gasteiger partial charge < -0.3 is 10.8 Å². The summed E-state index contributed by atoms with van der Waals surface area (Å²) < 4.78 is 0. The molecule has 0 bridgehead atoms. The summed E-state index contributed by atoms with van der Waals surface area (Å²) in [5.41, 5.74) is 5.14. The van der Waals surface area contributed by atoms with E-state index in [1.165, 1.54) is 12.8 Å². The van der Waals surface area contributed by atoms with Crippen molar-refractivity contribution in [3.8, 4) is 0 Å². The van der Waals surface area contributed by atoms with Gasteiger partial charge in [-0.3, -0.25) is 4.79 Å². The van der Waals surface area contributed by atoms with Crippen molar-refractivity contribution in [1.82, 2.24) is 0 Å². The smallest absolute Gasteiger partial charge is 0.303 e. The maximum Gasteiger partial charge on any atom is 0.303 e. The van der Waals surface area contributed by atoms with Crippen molar-refractivity contribution in [1.29, 1.82) is 0 Å². The predicted octanol–water partition coefficient (Wildman–Crippen LogP) is 1.62. The number of carboxylic acids is 1. The Bertz CT molecular complexity index is 82.2. The maximum atomic E-state index is 9.60. The van der Waals surface area contributed by atoms with E-state index in [-0.39, 0.29) is 0 Å². The van der Waals surface area contributed by atoms with Crippen molar-refractivity contribution in [2.75, 3.05) is 6.54 Å². The average Bonchev–Trinajstić information content (AvgIpc) is 1.90. The van der Waals surface area contributed by atoms with Gasteiger partial charge in [0, 0.05) is 6.42 Å². The Morgan fingerprint density at radius 2 is 1.91 bits per heavy atom. The molecule has 3 nitrogen and oxygen atoms in total. The minimum absolute atomic E-state index is 0.292. The number of hydrogen-bond donors (Lipinski definition) is 2. The van der Waals surface area contributed by atoms with Crippen LogP contribution >= 0.6 is 0 Å². The molecule has 0 unspecified atom stereocenters. The molecule has 0 aliphatic rings. The van der Waals surface area contributed by atoms with Gasteiger partial charge in [-0.05, 0) is 19.4 Å². The molecule has 0 radical (unpaired) electrons. The summed E-state index contributed by atoms with van der Waals surface area (Å²) in [6.07, 6.45) is 3.41. The topological polar surface area (TPSA) is 63.3 Å². The number of carbonyl (C=O) groups is 1. The van der Waals surface area contributed by atoms with Crippen LogP contribution in [0.3, 0.4) is 0 Å². The molecule has 0 amide bonds. The molecule has 0 aliphatic carbocycles. The third-order valence-corrected chi connectivity index (χ3v) is 1.02. The average molecular weight is 161 g/mol. The van der Waals surface area contributed by atoms with E-state index in [2.05, 4.69) is 6.92 Å². The van der Waals surface area contributed by atoms with Crippen molar-refractivity contribution >= 4 is 5.97 Å². The molecule has 3 N–H and O–H groups in total. The van der Waals surface area contributed by atoms with Crippen LogP contribution in [0.25, 0.3) is 0 Å². The number of carboxylic acid groups (broad SMARTS) is 1. The van der Waals surface area contributed by atoms with E-state index in [0.717, 1.165) is 13.0 Å². The Hall–Kier alpha value is -0.570. The highest BCUT2D eigenvalue weighted by Crippen LogP contribution is 1.82. The van der Waals surface area contributed by atoms with E-state index >= 15 is 0 Å². The van der Waals surface area contributed by atoms with E-state index in [9.17, 15) is 4.79 Å². The molecule has 68 valence electrons. The van der Waals surface area contributed by atoms with Crippen molar-refractivity contribution in [3.63, 3.8) is 0 Å². The quantitative estimate of drug-likeness (QED) is 0.658. The van der Waals surface area contributed by atoms with Crippen LogP contribution < -0.4 is 5.73 Å². The SMILES string of the molecule is CCCC(=O)O.CCCCN. The molecule has 0 atom stereocenters. The number of rotatable bonds is 4. The molecule has 0 aliphatic heterocycles. The van der Waals surface area contributed by atoms with Crippen LogP contribution in [0.15, 0.2) is 0 Å². The highest BCUT2D eigenvalue weighted by molar-refractivity contribution is 5.66. The van der Waals surface area contributed by atoms with Crippen LogP contribution in [0, 0.1) is 0 Å². The van der Waals surface area contributed by atoms with Crippen LogP contribution in [0.5, 0.6) is 0 Å². The summed E-state index contributed by atoms with van der Waals surface area (Å²) in [4.78, 5) is 9.60. The van der Waals surface area contributed by atoms with Crippen LogP contribution in [0.4, 0.5) is 0 Å². The Morgan fingerprint density at radius 3 is 1.91 bits per heavy atom. The molecule has 0 heterocycles. The highest BCUT2D eigenvalue weighted by Gasteiger charge is 1.87. The zero-order valence-electron chi connectivity index (χ0n) is 7.47. The fraction of sp³-hybridized carbons (Fsp3) is 0.875. The Morgan fingerprint density at radius 1 is 1.36 bits per heavy atom. The molecule has 0 aromatic heterocycles. The molecule has 11 heavy (non-hydrogen) atoms. The highest BCUT2D eigenvalue weighted by atomic mass is 16.4. The Labute approximate surface area is 68.6 Å². The number of aliphatic carboxylic acids is 1. The van der Waals surface area contributed by atoms with E-state index in [0.29, 0.717) is 6.42 Å². The third kappa shape index (κ3) is 26.5. The molecular formula is C8H19NO2. The third-order valence-electron chi connectivity index (χ3n) is 1.02. The lowest BCUT2D eigenvalue weighted by molar-refractivity contribution is -0.137. The molecule has 0 aromatic carbocycles. The zero-order chi connectivity index (χ0) is 9.11. The van der Waals surface area contributed by atoms with E-state index in [1.54, 1.807) is 0 Å². The van der Waals surface area contributed by atoms with Crippen molar-refractivity contribution in [2.24, 2.45) is 5.73 Å². The van der Waals surface area contributed by atoms with Crippen LogP contribution in [-0.4, -0.2) is 17.6 Å². The molecule has 0 spiro atoms. The molecule has 0 saturated heterocycles. The summed E-state index contributed by atoms with van der Waals surface area (Å²) >= 11 is 0. The van der Waals surface area contributed by atoms with Gasteiger partial charge in [-0.15, -0.1) is 0 Å². The van der Waals surface area contributed by atoms with Crippen molar-refractivity contribution < 1.29 is 9.90 Å². The van der Waals surface area contributed by atoms with Crippen LogP contribution in [0.2, 0.25) is 0 Å². The van der Waals surface area contributed by atoms with Gasteiger partial charge in [-0.1, -0.05) is 20.3 Å². The van der Waals surface area contributed by atoms with Crippen LogP contribution in [0.1, 0.15) is 39.5 Å². The van der Waals surface area contributed by atoms with Gasteiger partial charge in [-0.25, -0.2) is 0 Å². The predicted molar refractivity (Wildman–Crippen MR) is 46.5 cm³/mol. The van der Waals surface area contributed by atoms with Crippen LogP contribution in [-0.2, 0) is 4.79 Å². The largest absolute Gasteiger partial charge is 0.481 e. The van der Waals surface area contributed by atoms with Crippen molar-refractivity contribution in [2.45, 2.75) is 39.5 Å². The first kappa shape index (κ1) is 13.1. The lowest BCUT2D eigenvalue weighted by Crippen LogP contribution is -1.95. The summed E-state index contributed by atoms with van der Waals surface area (Å²) in [7, 11) is 0. The molecule has 0 aromatic rings. The van der Waals surface area contributed by atoms with Gasteiger partial charge in [0.05, 0.1) is 0 Å². The van der Waals surface area contributed by atoms with Gasteiger partial charge >= 0.3 is 5.97 Å². The molecule has 3 heteroatoms. The number of hydrogen-bond acceptors (Lipinski definition) is 2. The molecule has 0 rings (SSSR count). The Kier molecular flexibility index (Phi) is 14.4. The molecule has 0 fully saturated rings. The minimum atomic E-state index is -0.711. The van der Waals surface area contributed by atoms with Gasteiger partial charge in [0.2, 0.25) is 0 Å². The van der Waals surface area contributed by atoms with E-state index in [1.807, 2.05) is 6.92 Å². The monoisotopic (exact) mass is 161 g/mol. The Balaban J connectivity index is 0. The van der Waals surface area contributed by atoms with E-state index in [4.69, 9.17) is 10.8 Å². The second kappa shape index (κ2) is 12.1. The van der Waals surface area contributed by atoms with Gasteiger partial charge in [0.25, 0.3) is 0 Å². The summed E-state index contributed by atoms with van der Waals surface area (Å²) in [5, 5.41) is 7.91. The first-order valence-corrected chi connectivity index (χ1v) is 4.10.